The van der Waals surface area contributed by atoms with Crippen molar-refractivity contribution in [3.8, 4) is 0 Å². The minimum atomic E-state index is -0.513. The summed E-state index contributed by atoms with van der Waals surface area (Å²) in [6.07, 6.45) is -0.238. The van der Waals surface area contributed by atoms with Gasteiger partial charge >= 0.3 is 5.69 Å². The summed E-state index contributed by atoms with van der Waals surface area (Å²) in [5, 5.41) is 21.6. The number of nitro benzene ring substituents is 1. The highest BCUT2D eigenvalue weighted by Crippen LogP contribution is 2.37. The Hall–Kier alpha value is -1.58. The molecule has 3 rings (SSSR count). The number of nitrogens with one attached hydrogen (secondary N) is 1. The van der Waals surface area contributed by atoms with Gasteiger partial charge in [0.15, 0.2) is 0 Å². The zero-order valence-electron chi connectivity index (χ0n) is 9.63. The van der Waals surface area contributed by atoms with Gasteiger partial charge in [-0.3, -0.25) is 10.1 Å². The number of ether oxygens (including phenoxy) is 1. The first-order valence-electron chi connectivity index (χ1n) is 5.60. The molecule has 1 N–H and O–H groups in total. The van der Waals surface area contributed by atoms with Crippen molar-refractivity contribution in [2.45, 2.75) is 6.10 Å². The Balaban J connectivity index is 2.19. The van der Waals surface area contributed by atoms with Crippen LogP contribution in [0, 0.1) is 10.1 Å². The van der Waals surface area contributed by atoms with Crippen molar-refractivity contribution >= 4 is 32.7 Å². The fraction of sp³-hybridized carbons (Fsp3) is 0.400. The van der Waals surface area contributed by atoms with E-state index in [4.69, 9.17) is 4.74 Å². The Morgan fingerprint density at radius 2 is 2.26 bits per heavy atom. The van der Waals surface area contributed by atoms with Gasteiger partial charge in [-0.15, -0.1) is 0 Å². The molecule has 1 unspecified atom stereocenters. The van der Waals surface area contributed by atoms with Crippen LogP contribution >= 0.6 is 15.9 Å². The molecule has 1 aliphatic heterocycles. The van der Waals surface area contributed by atoms with Crippen LogP contribution < -0.4 is 5.32 Å². The normalized spacial score (nSPS) is 19.7. The third-order valence-corrected chi connectivity index (χ3v) is 3.61. The van der Waals surface area contributed by atoms with Gasteiger partial charge in [0.05, 0.1) is 17.6 Å². The van der Waals surface area contributed by atoms with Crippen molar-refractivity contribution in [3.63, 3.8) is 0 Å². The van der Waals surface area contributed by atoms with Crippen molar-refractivity contribution in [3.05, 3.63) is 26.2 Å². The van der Waals surface area contributed by atoms with Crippen LogP contribution in [-0.2, 0) is 4.74 Å². The van der Waals surface area contributed by atoms with Crippen LogP contribution in [0.2, 0.25) is 0 Å². The molecule has 0 bridgehead atoms. The van der Waals surface area contributed by atoms with Crippen molar-refractivity contribution in [2.75, 3.05) is 19.7 Å². The summed E-state index contributed by atoms with van der Waals surface area (Å²) in [6.45, 7) is 1.96. The first kappa shape index (κ1) is 12.5. The summed E-state index contributed by atoms with van der Waals surface area (Å²) in [7, 11) is 0. The van der Waals surface area contributed by atoms with Gasteiger partial charge in [0.2, 0.25) is 5.52 Å². The molecule has 100 valence electrons. The molecule has 1 saturated heterocycles. The third-order valence-electron chi connectivity index (χ3n) is 2.95. The lowest BCUT2D eigenvalue weighted by Crippen LogP contribution is -2.33. The van der Waals surface area contributed by atoms with Crippen LogP contribution in [0.1, 0.15) is 11.7 Å². The second-order valence-electron chi connectivity index (χ2n) is 4.07. The van der Waals surface area contributed by atoms with Crippen molar-refractivity contribution in [1.82, 2.24) is 15.6 Å². The highest BCUT2D eigenvalue weighted by atomic mass is 79.9. The summed E-state index contributed by atoms with van der Waals surface area (Å²) in [5.41, 5.74) is 1.07. The molecule has 9 heteroatoms. The van der Waals surface area contributed by atoms with E-state index in [0.717, 1.165) is 6.54 Å². The average molecular weight is 329 g/mol. The number of morpholine rings is 1. The van der Waals surface area contributed by atoms with E-state index in [-0.39, 0.29) is 17.3 Å². The average Bonchev–Trinajstić information content (AvgIpc) is 2.87. The molecule has 1 aromatic heterocycles. The first-order chi connectivity index (χ1) is 9.18. The summed E-state index contributed by atoms with van der Waals surface area (Å²) in [6, 6.07) is 1.40. The lowest BCUT2D eigenvalue weighted by atomic mass is 10.1. The molecular weight excluding hydrogens is 320 g/mol. The van der Waals surface area contributed by atoms with E-state index in [1.165, 1.54) is 6.07 Å². The molecule has 19 heavy (non-hydrogen) atoms. The van der Waals surface area contributed by atoms with Crippen LogP contribution in [0.4, 0.5) is 5.69 Å². The molecule has 0 radical (unpaired) electrons. The van der Waals surface area contributed by atoms with E-state index in [2.05, 4.69) is 36.2 Å². The molecule has 2 aromatic rings. The second kappa shape index (κ2) is 4.83. The van der Waals surface area contributed by atoms with E-state index in [1.54, 1.807) is 0 Å². The summed E-state index contributed by atoms with van der Waals surface area (Å²) < 4.78 is 10.9. The third kappa shape index (κ3) is 2.09. The van der Waals surface area contributed by atoms with Gasteiger partial charge < -0.3 is 10.1 Å². The maximum absolute atomic E-state index is 11.0. The Morgan fingerprint density at radius 3 is 2.95 bits per heavy atom. The monoisotopic (exact) mass is 328 g/mol. The van der Waals surface area contributed by atoms with Gasteiger partial charge in [-0.1, -0.05) is 15.9 Å². The van der Waals surface area contributed by atoms with Crippen molar-refractivity contribution in [1.29, 1.82) is 0 Å². The van der Waals surface area contributed by atoms with Crippen molar-refractivity contribution < 1.29 is 14.3 Å². The lowest BCUT2D eigenvalue weighted by Gasteiger charge is -2.24. The number of benzene rings is 1. The molecule has 8 nitrogen and oxygen atoms in total. The van der Waals surface area contributed by atoms with Crippen LogP contribution in [0.15, 0.2) is 15.2 Å². The molecule has 1 atom stereocenters. The molecule has 0 amide bonds. The number of aromatic nitrogens is 2. The van der Waals surface area contributed by atoms with Gasteiger partial charge in [0.25, 0.3) is 0 Å². The van der Waals surface area contributed by atoms with E-state index >= 15 is 0 Å². The quantitative estimate of drug-likeness (QED) is 0.658. The van der Waals surface area contributed by atoms with Gasteiger partial charge in [-0.05, 0) is 10.3 Å². The van der Waals surface area contributed by atoms with E-state index in [9.17, 15) is 10.1 Å². The zero-order chi connectivity index (χ0) is 13.4. The van der Waals surface area contributed by atoms with Gasteiger partial charge in [0, 0.05) is 29.2 Å². The summed E-state index contributed by atoms with van der Waals surface area (Å²) in [5.74, 6) is 0. The highest BCUT2D eigenvalue weighted by Gasteiger charge is 2.28. The fourth-order valence-electron chi connectivity index (χ4n) is 2.11. The molecule has 0 aliphatic carbocycles. The number of hydrogen-bond acceptors (Lipinski definition) is 7. The van der Waals surface area contributed by atoms with Gasteiger partial charge in [-0.2, -0.15) is 0 Å². The Bertz CT molecular complexity index is 638. The number of nitrogens with zero attached hydrogens (tertiary/aromatic N) is 3. The molecule has 1 aromatic carbocycles. The fourth-order valence-corrected chi connectivity index (χ4v) is 2.77. The van der Waals surface area contributed by atoms with Gasteiger partial charge in [-0.25, -0.2) is 4.63 Å². The molecule has 1 fully saturated rings. The van der Waals surface area contributed by atoms with Crippen LogP contribution in [0.3, 0.4) is 0 Å². The number of non-ortho nitro benzene ring substituents is 1. The molecule has 1 aliphatic rings. The predicted octanol–water partition coefficient (Wildman–Crippen LogP) is 1.55. The lowest BCUT2D eigenvalue weighted by molar-refractivity contribution is -0.383. The molecule has 2 heterocycles. The molecule has 0 spiro atoms. The minimum Gasteiger partial charge on any atom is -0.371 e. The summed E-state index contributed by atoms with van der Waals surface area (Å²) >= 11 is 3.34. The van der Waals surface area contributed by atoms with E-state index < -0.39 is 4.92 Å². The largest absolute Gasteiger partial charge is 0.371 e. The van der Waals surface area contributed by atoms with Crippen LogP contribution in [0.5, 0.6) is 0 Å². The molecular formula is C10H9BrN4O4. The minimum absolute atomic E-state index is 0.136. The van der Waals surface area contributed by atoms with Crippen molar-refractivity contribution in [2.24, 2.45) is 0 Å². The second-order valence-corrected chi connectivity index (χ2v) is 4.93. The highest BCUT2D eigenvalue weighted by molar-refractivity contribution is 9.10. The Kier molecular flexibility index (Phi) is 3.17. The predicted molar refractivity (Wildman–Crippen MR) is 67.7 cm³/mol. The smallest absolute Gasteiger partial charge is 0.301 e. The Morgan fingerprint density at radius 1 is 1.47 bits per heavy atom. The van der Waals surface area contributed by atoms with Crippen LogP contribution in [0.25, 0.3) is 11.0 Å². The number of nitro groups is 1. The maximum atomic E-state index is 11.0. The SMILES string of the molecule is O=[N+]([O-])c1cc(Br)c(C2CNCCO2)c2nonc12. The number of rotatable bonds is 2. The zero-order valence-corrected chi connectivity index (χ0v) is 11.2. The topological polar surface area (TPSA) is 103 Å². The summed E-state index contributed by atoms with van der Waals surface area (Å²) in [4.78, 5) is 10.5. The Labute approximate surface area is 115 Å². The number of halogens is 1. The number of fused-ring (bicyclic) bond motifs is 1. The van der Waals surface area contributed by atoms with E-state index in [1.807, 2.05) is 0 Å². The molecule has 0 saturated carbocycles. The number of hydrogen-bond donors (Lipinski definition) is 1. The first-order valence-corrected chi connectivity index (χ1v) is 6.39. The van der Waals surface area contributed by atoms with Crippen LogP contribution in [-0.4, -0.2) is 34.9 Å². The van der Waals surface area contributed by atoms with E-state index in [0.29, 0.717) is 28.7 Å². The standard InChI is InChI=1S/C10H9BrN4O4/c11-5-3-6(15(16)17)9-10(14-19-13-9)8(5)7-4-12-1-2-18-7/h3,7,12H,1-2,4H2. The van der Waals surface area contributed by atoms with Gasteiger partial charge in [0.1, 0.15) is 5.52 Å². The maximum Gasteiger partial charge on any atom is 0.301 e.